The van der Waals surface area contributed by atoms with Gasteiger partial charge in [-0.1, -0.05) is 40.5 Å². The molecule has 0 aromatic carbocycles. The molecule has 7 unspecified atom stereocenters. The molecule has 0 amide bonds. The van der Waals surface area contributed by atoms with E-state index in [0.29, 0.717) is 74.9 Å². The van der Waals surface area contributed by atoms with Gasteiger partial charge in [0.25, 0.3) is 0 Å². The first-order valence-corrected chi connectivity index (χ1v) is 13.4. The van der Waals surface area contributed by atoms with Crippen molar-refractivity contribution in [2.45, 2.75) is 105 Å². The summed E-state index contributed by atoms with van der Waals surface area (Å²) in [6, 6.07) is 0. The smallest absolute Gasteiger partial charge is 0.305 e. The highest BCUT2D eigenvalue weighted by molar-refractivity contribution is 5.70. The molecule has 1 heterocycles. The van der Waals surface area contributed by atoms with Crippen LogP contribution in [0.1, 0.15) is 92.4 Å². The van der Waals surface area contributed by atoms with Crippen molar-refractivity contribution in [3.8, 4) is 0 Å². The van der Waals surface area contributed by atoms with Crippen LogP contribution in [0.4, 0.5) is 0 Å². The Kier molecular flexibility index (Phi) is 12.2. The lowest BCUT2D eigenvalue weighted by molar-refractivity contribution is -0.149. The number of ether oxygens (including phenoxy) is 3. The molecule has 2 aliphatic rings. The van der Waals surface area contributed by atoms with Gasteiger partial charge in [-0.3, -0.25) is 9.59 Å². The van der Waals surface area contributed by atoms with Crippen molar-refractivity contribution in [2.75, 3.05) is 19.8 Å². The van der Waals surface area contributed by atoms with E-state index in [2.05, 4.69) is 34.6 Å². The lowest BCUT2D eigenvalue weighted by Crippen LogP contribution is -2.39. The average Bonchev–Trinajstić information content (AvgIpc) is 2.79. The summed E-state index contributed by atoms with van der Waals surface area (Å²) < 4.78 is 16.6. The molecule has 6 nitrogen and oxygen atoms in total. The van der Waals surface area contributed by atoms with Gasteiger partial charge in [0, 0.05) is 25.4 Å². The first-order chi connectivity index (χ1) is 15.7. The topological polar surface area (TPSA) is 82.1 Å². The Morgan fingerprint density at radius 3 is 1.97 bits per heavy atom. The average molecular weight is 469 g/mol. The van der Waals surface area contributed by atoms with Crippen LogP contribution in [-0.4, -0.2) is 49.1 Å². The summed E-state index contributed by atoms with van der Waals surface area (Å²) in [5, 5.41) is 10.6. The number of carbonyl (C=O) groups excluding carboxylic acids is 2. The normalized spacial score (nSPS) is 32.5. The van der Waals surface area contributed by atoms with E-state index in [1.54, 1.807) is 0 Å². The molecule has 0 spiro atoms. The highest BCUT2D eigenvalue weighted by Crippen LogP contribution is 2.40. The molecule has 1 saturated carbocycles. The summed E-state index contributed by atoms with van der Waals surface area (Å²) in [5.74, 6) is 1.97. The number of hydrogen-bond donors (Lipinski definition) is 1. The fourth-order valence-corrected chi connectivity index (χ4v) is 5.62. The minimum Gasteiger partial charge on any atom is -0.465 e. The fourth-order valence-electron chi connectivity index (χ4n) is 5.62. The van der Waals surface area contributed by atoms with E-state index in [4.69, 9.17) is 14.2 Å². The number of esters is 2. The zero-order valence-corrected chi connectivity index (χ0v) is 21.6. The molecule has 1 aliphatic heterocycles. The molecule has 33 heavy (non-hydrogen) atoms. The van der Waals surface area contributed by atoms with E-state index >= 15 is 0 Å². The Bertz CT molecular complexity index is 589. The second-order valence-electron chi connectivity index (χ2n) is 10.7. The number of rotatable bonds is 12. The van der Waals surface area contributed by atoms with E-state index in [-0.39, 0.29) is 30.1 Å². The maximum atomic E-state index is 12.2. The largest absolute Gasteiger partial charge is 0.465 e. The highest BCUT2D eigenvalue weighted by Gasteiger charge is 2.37. The summed E-state index contributed by atoms with van der Waals surface area (Å²) in [4.78, 5) is 24.2. The Hall–Kier alpha value is -1.14. The van der Waals surface area contributed by atoms with Crippen LogP contribution < -0.4 is 0 Å². The minimum atomic E-state index is -0.298. The Balaban J connectivity index is 1.57. The maximum absolute atomic E-state index is 12.2. The lowest BCUT2D eigenvalue weighted by atomic mass is 9.68. The molecule has 1 saturated heterocycles. The van der Waals surface area contributed by atoms with Crippen molar-refractivity contribution in [3.63, 3.8) is 0 Å². The van der Waals surface area contributed by atoms with Gasteiger partial charge in [0.1, 0.15) is 0 Å². The van der Waals surface area contributed by atoms with Gasteiger partial charge in [0.05, 0.1) is 25.4 Å². The third-order valence-electron chi connectivity index (χ3n) is 8.15. The number of unbranched alkanes of at least 4 members (excludes halogenated alkanes) is 1. The number of carbonyl (C=O) groups is 2. The predicted molar refractivity (Wildman–Crippen MR) is 129 cm³/mol. The van der Waals surface area contributed by atoms with Gasteiger partial charge in [0.2, 0.25) is 0 Å². The molecule has 0 radical (unpaired) electrons. The molecular weight excluding hydrogens is 420 g/mol. The predicted octanol–water partition coefficient (Wildman–Crippen LogP) is 5.15. The zero-order valence-electron chi connectivity index (χ0n) is 21.6. The van der Waals surface area contributed by atoms with Crippen LogP contribution in [-0.2, 0) is 23.8 Å². The SMILES string of the molecule is CCC(CC)C1CC(C)C(COC(=O)CCCCC(=O)OCC2CC(C)OCC2C)CC1O. The van der Waals surface area contributed by atoms with Crippen molar-refractivity contribution in [3.05, 3.63) is 0 Å². The van der Waals surface area contributed by atoms with Crippen LogP contribution in [0, 0.1) is 35.5 Å². The summed E-state index contributed by atoms with van der Waals surface area (Å²) in [6.45, 7) is 12.4. The molecule has 0 bridgehead atoms. The molecular formula is C27H48O6. The van der Waals surface area contributed by atoms with Crippen molar-refractivity contribution < 1.29 is 28.9 Å². The van der Waals surface area contributed by atoms with Crippen LogP contribution in [0.5, 0.6) is 0 Å². The summed E-state index contributed by atoms with van der Waals surface area (Å²) in [6.07, 6.45) is 6.69. The van der Waals surface area contributed by atoms with E-state index in [0.717, 1.165) is 32.3 Å². The monoisotopic (exact) mass is 468 g/mol. The molecule has 2 rings (SSSR count). The molecule has 1 aliphatic carbocycles. The van der Waals surface area contributed by atoms with Crippen molar-refractivity contribution in [2.24, 2.45) is 35.5 Å². The highest BCUT2D eigenvalue weighted by atomic mass is 16.5. The molecule has 1 N–H and O–H groups in total. The second-order valence-corrected chi connectivity index (χ2v) is 10.7. The Morgan fingerprint density at radius 2 is 1.42 bits per heavy atom. The molecule has 192 valence electrons. The maximum Gasteiger partial charge on any atom is 0.305 e. The third kappa shape index (κ3) is 9.20. The molecule has 7 atom stereocenters. The first kappa shape index (κ1) is 28.1. The minimum absolute atomic E-state index is 0.188. The Morgan fingerprint density at radius 1 is 0.879 bits per heavy atom. The van der Waals surface area contributed by atoms with E-state index in [9.17, 15) is 14.7 Å². The van der Waals surface area contributed by atoms with Gasteiger partial charge in [-0.05, 0) is 68.6 Å². The van der Waals surface area contributed by atoms with Crippen LogP contribution in [0.25, 0.3) is 0 Å². The van der Waals surface area contributed by atoms with Crippen LogP contribution in [0.2, 0.25) is 0 Å². The molecule has 0 aromatic rings. The quantitative estimate of drug-likeness (QED) is 0.315. The summed E-state index contributed by atoms with van der Waals surface area (Å²) in [5.41, 5.74) is 0. The number of aliphatic hydroxyl groups is 1. The van der Waals surface area contributed by atoms with Gasteiger partial charge in [-0.25, -0.2) is 0 Å². The van der Waals surface area contributed by atoms with E-state index < -0.39 is 0 Å². The second kappa shape index (κ2) is 14.3. The zero-order chi connectivity index (χ0) is 24.4. The summed E-state index contributed by atoms with van der Waals surface area (Å²) in [7, 11) is 0. The van der Waals surface area contributed by atoms with Crippen LogP contribution in [0.3, 0.4) is 0 Å². The van der Waals surface area contributed by atoms with Crippen LogP contribution in [0.15, 0.2) is 0 Å². The van der Waals surface area contributed by atoms with Gasteiger partial charge in [0.15, 0.2) is 0 Å². The molecule has 6 heteroatoms. The fraction of sp³-hybridized carbons (Fsp3) is 0.926. The van der Waals surface area contributed by atoms with Crippen LogP contribution >= 0.6 is 0 Å². The standard InChI is InChI=1S/C27H48O6/c1-6-21(7-2)24-12-18(3)23(14-25(24)28)17-33-27(30)11-9-8-10-26(29)32-16-22-13-20(5)31-15-19(22)4/h18-25,28H,6-17H2,1-5H3. The summed E-state index contributed by atoms with van der Waals surface area (Å²) >= 11 is 0. The third-order valence-corrected chi connectivity index (χ3v) is 8.15. The lowest BCUT2D eigenvalue weighted by Gasteiger charge is -2.41. The Labute approximate surface area is 201 Å². The van der Waals surface area contributed by atoms with Gasteiger partial charge >= 0.3 is 11.9 Å². The number of aliphatic hydroxyl groups excluding tert-OH is 1. The molecule has 2 fully saturated rings. The molecule has 0 aromatic heterocycles. The van der Waals surface area contributed by atoms with Crippen molar-refractivity contribution in [1.29, 1.82) is 0 Å². The van der Waals surface area contributed by atoms with E-state index in [1.807, 2.05) is 0 Å². The van der Waals surface area contributed by atoms with E-state index in [1.165, 1.54) is 0 Å². The van der Waals surface area contributed by atoms with Gasteiger partial charge < -0.3 is 19.3 Å². The van der Waals surface area contributed by atoms with Gasteiger partial charge in [-0.15, -0.1) is 0 Å². The van der Waals surface area contributed by atoms with Crippen molar-refractivity contribution >= 4 is 11.9 Å². The van der Waals surface area contributed by atoms with Crippen molar-refractivity contribution in [1.82, 2.24) is 0 Å². The van der Waals surface area contributed by atoms with Gasteiger partial charge in [-0.2, -0.15) is 0 Å². The number of hydrogen-bond acceptors (Lipinski definition) is 6. The first-order valence-electron chi connectivity index (χ1n) is 13.4.